The number of fused-ring (bicyclic) bond motifs is 1. The van der Waals surface area contributed by atoms with Crippen LogP contribution in [0.25, 0.3) is 0 Å². The van der Waals surface area contributed by atoms with Crippen molar-refractivity contribution >= 4 is 5.78 Å². The molecule has 2 bridgehead atoms. The van der Waals surface area contributed by atoms with Gasteiger partial charge in [0.05, 0.1) is 0 Å². The number of hydrogen-bond acceptors (Lipinski definition) is 1. The standard InChI is InChI=1S/C13H18O/c1-9-7-10-4-6-13(12(10)14)5-2-3-11(13)8-9/h10-11H,1-8H2/t10-,11-,13+/m1/s1. The summed E-state index contributed by atoms with van der Waals surface area (Å²) < 4.78 is 0. The fourth-order valence-corrected chi connectivity index (χ4v) is 4.16. The van der Waals surface area contributed by atoms with Crippen LogP contribution in [0.15, 0.2) is 12.2 Å². The van der Waals surface area contributed by atoms with Crippen LogP contribution in [0, 0.1) is 17.3 Å². The molecule has 0 radical (unpaired) electrons. The van der Waals surface area contributed by atoms with Gasteiger partial charge in [0, 0.05) is 11.3 Å². The SMILES string of the molecule is C=C1C[C@H]2CC[C@]3(CCC[C@@H]3C1)C2=O. The number of carbonyl (C=O) groups is 1. The van der Waals surface area contributed by atoms with Crippen molar-refractivity contribution in [2.24, 2.45) is 17.3 Å². The molecular formula is C13H18O. The Morgan fingerprint density at radius 2 is 2.07 bits per heavy atom. The molecule has 3 aliphatic carbocycles. The Labute approximate surface area is 85.6 Å². The smallest absolute Gasteiger partial charge is 0.142 e. The fraction of sp³-hybridized carbons (Fsp3) is 0.769. The van der Waals surface area contributed by atoms with Crippen molar-refractivity contribution in [3.63, 3.8) is 0 Å². The van der Waals surface area contributed by atoms with Gasteiger partial charge in [-0.05, 0) is 44.4 Å². The molecule has 0 N–H and O–H groups in total. The molecule has 0 aliphatic heterocycles. The molecule has 0 aromatic rings. The lowest BCUT2D eigenvalue weighted by Crippen LogP contribution is -2.30. The lowest BCUT2D eigenvalue weighted by molar-refractivity contribution is -0.130. The number of Topliss-reactive ketones (excluding diaryl/α,β-unsaturated/α-hetero) is 1. The fourth-order valence-electron chi connectivity index (χ4n) is 4.16. The maximum atomic E-state index is 12.3. The molecule has 3 saturated carbocycles. The van der Waals surface area contributed by atoms with Gasteiger partial charge in [0.25, 0.3) is 0 Å². The van der Waals surface area contributed by atoms with Crippen molar-refractivity contribution < 1.29 is 4.79 Å². The molecule has 0 saturated heterocycles. The maximum Gasteiger partial charge on any atom is 0.142 e. The van der Waals surface area contributed by atoms with E-state index in [2.05, 4.69) is 6.58 Å². The van der Waals surface area contributed by atoms with Crippen LogP contribution in [0.4, 0.5) is 0 Å². The molecule has 3 fully saturated rings. The normalized spacial score (nSPS) is 46.6. The van der Waals surface area contributed by atoms with Gasteiger partial charge in [-0.15, -0.1) is 0 Å². The Kier molecular flexibility index (Phi) is 1.68. The summed E-state index contributed by atoms with van der Waals surface area (Å²) in [6.07, 6.45) is 8.20. The third-order valence-corrected chi connectivity index (χ3v) is 4.83. The largest absolute Gasteiger partial charge is 0.299 e. The summed E-state index contributed by atoms with van der Waals surface area (Å²) in [5.74, 6) is 1.62. The average Bonchev–Trinajstić information content (AvgIpc) is 2.62. The summed E-state index contributed by atoms with van der Waals surface area (Å²) in [7, 11) is 0. The Hall–Kier alpha value is -0.590. The summed E-state index contributed by atoms with van der Waals surface area (Å²) in [5, 5.41) is 0. The molecular weight excluding hydrogens is 172 g/mol. The lowest BCUT2D eigenvalue weighted by atomic mass is 9.74. The second-order valence-electron chi connectivity index (χ2n) is 5.50. The van der Waals surface area contributed by atoms with Crippen LogP contribution in [-0.4, -0.2) is 5.78 Å². The maximum absolute atomic E-state index is 12.3. The van der Waals surface area contributed by atoms with Crippen LogP contribution in [0.5, 0.6) is 0 Å². The van der Waals surface area contributed by atoms with E-state index in [1.54, 1.807) is 0 Å². The minimum absolute atomic E-state index is 0.129. The molecule has 0 aromatic carbocycles. The van der Waals surface area contributed by atoms with Crippen LogP contribution in [0.2, 0.25) is 0 Å². The third kappa shape index (κ3) is 0.933. The first-order valence-electron chi connectivity index (χ1n) is 5.93. The van der Waals surface area contributed by atoms with E-state index in [4.69, 9.17) is 0 Å². The van der Waals surface area contributed by atoms with Gasteiger partial charge in [0.2, 0.25) is 0 Å². The first-order valence-corrected chi connectivity index (χ1v) is 5.93. The highest BCUT2D eigenvalue weighted by molar-refractivity contribution is 5.90. The zero-order chi connectivity index (χ0) is 9.76. The van der Waals surface area contributed by atoms with Crippen LogP contribution < -0.4 is 0 Å². The van der Waals surface area contributed by atoms with Crippen LogP contribution in [0.3, 0.4) is 0 Å². The summed E-state index contributed by atoms with van der Waals surface area (Å²) >= 11 is 0. The highest BCUT2D eigenvalue weighted by Gasteiger charge is 2.55. The van der Waals surface area contributed by atoms with Crippen LogP contribution in [-0.2, 0) is 4.79 Å². The molecule has 1 heteroatoms. The topological polar surface area (TPSA) is 17.1 Å². The number of carbonyl (C=O) groups excluding carboxylic acids is 1. The number of rotatable bonds is 0. The van der Waals surface area contributed by atoms with Gasteiger partial charge in [-0.2, -0.15) is 0 Å². The van der Waals surface area contributed by atoms with Crippen molar-refractivity contribution in [2.75, 3.05) is 0 Å². The lowest BCUT2D eigenvalue weighted by Gasteiger charge is -2.28. The minimum atomic E-state index is 0.129. The molecule has 0 heterocycles. The molecule has 3 rings (SSSR count). The van der Waals surface area contributed by atoms with Crippen molar-refractivity contribution in [1.82, 2.24) is 0 Å². The van der Waals surface area contributed by atoms with E-state index in [0.717, 1.165) is 19.3 Å². The van der Waals surface area contributed by atoms with E-state index in [1.165, 1.54) is 31.3 Å². The number of ketones is 1. The zero-order valence-electron chi connectivity index (χ0n) is 8.72. The van der Waals surface area contributed by atoms with E-state index in [1.807, 2.05) is 0 Å². The van der Waals surface area contributed by atoms with Gasteiger partial charge in [0.15, 0.2) is 0 Å². The summed E-state index contributed by atoms with van der Waals surface area (Å²) in [4.78, 5) is 12.3. The zero-order valence-corrected chi connectivity index (χ0v) is 8.72. The van der Waals surface area contributed by atoms with Crippen molar-refractivity contribution in [3.05, 3.63) is 12.2 Å². The first-order chi connectivity index (χ1) is 6.72. The summed E-state index contributed by atoms with van der Waals surface area (Å²) in [5.41, 5.74) is 1.47. The van der Waals surface area contributed by atoms with Gasteiger partial charge in [0.1, 0.15) is 5.78 Å². The van der Waals surface area contributed by atoms with Gasteiger partial charge in [-0.1, -0.05) is 18.6 Å². The van der Waals surface area contributed by atoms with E-state index in [0.29, 0.717) is 17.6 Å². The van der Waals surface area contributed by atoms with E-state index in [-0.39, 0.29) is 5.41 Å². The van der Waals surface area contributed by atoms with E-state index >= 15 is 0 Å². The Balaban J connectivity index is 2.04. The molecule has 0 unspecified atom stereocenters. The Morgan fingerprint density at radius 1 is 1.21 bits per heavy atom. The van der Waals surface area contributed by atoms with Gasteiger partial charge < -0.3 is 0 Å². The number of allylic oxidation sites excluding steroid dienone is 1. The second-order valence-corrected chi connectivity index (χ2v) is 5.50. The van der Waals surface area contributed by atoms with Crippen molar-refractivity contribution in [1.29, 1.82) is 0 Å². The predicted octanol–water partition coefficient (Wildman–Crippen LogP) is 3.10. The predicted molar refractivity (Wildman–Crippen MR) is 55.9 cm³/mol. The molecule has 0 aromatic heterocycles. The number of hydrogen-bond donors (Lipinski definition) is 0. The summed E-state index contributed by atoms with van der Waals surface area (Å²) in [6, 6.07) is 0. The van der Waals surface area contributed by atoms with Crippen molar-refractivity contribution in [2.45, 2.75) is 44.9 Å². The highest BCUT2D eigenvalue weighted by atomic mass is 16.1. The van der Waals surface area contributed by atoms with Gasteiger partial charge in [-0.3, -0.25) is 4.79 Å². The van der Waals surface area contributed by atoms with Crippen LogP contribution in [0.1, 0.15) is 44.9 Å². The Bertz CT molecular complexity index is 304. The second kappa shape index (κ2) is 2.71. The molecule has 3 atom stereocenters. The monoisotopic (exact) mass is 190 g/mol. The molecule has 1 nitrogen and oxygen atoms in total. The summed E-state index contributed by atoms with van der Waals surface area (Å²) in [6.45, 7) is 4.13. The molecule has 3 aliphatic rings. The van der Waals surface area contributed by atoms with E-state index < -0.39 is 0 Å². The van der Waals surface area contributed by atoms with Gasteiger partial charge in [-0.25, -0.2) is 0 Å². The van der Waals surface area contributed by atoms with E-state index in [9.17, 15) is 4.79 Å². The molecule has 1 spiro atoms. The first kappa shape index (κ1) is 8.70. The van der Waals surface area contributed by atoms with Gasteiger partial charge >= 0.3 is 0 Å². The average molecular weight is 190 g/mol. The quantitative estimate of drug-likeness (QED) is 0.536. The van der Waals surface area contributed by atoms with Crippen LogP contribution >= 0.6 is 0 Å². The molecule has 14 heavy (non-hydrogen) atoms. The highest BCUT2D eigenvalue weighted by Crippen LogP contribution is 2.58. The molecule has 0 amide bonds. The Morgan fingerprint density at radius 3 is 2.93 bits per heavy atom. The third-order valence-electron chi connectivity index (χ3n) is 4.83. The van der Waals surface area contributed by atoms with Crippen molar-refractivity contribution in [3.8, 4) is 0 Å². The minimum Gasteiger partial charge on any atom is -0.299 e. The molecule has 76 valence electrons.